The molecule has 0 aliphatic rings. The first-order valence-corrected chi connectivity index (χ1v) is 4.61. The fourth-order valence-corrected chi connectivity index (χ4v) is 0.471. The Kier molecular flexibility index (Phi) is 13.7. The second-order valence-corrected chi connectivity index (χ2v) is 3.61. The minimum atomic E-state index is -1.60. The van der Waals surface area contributed by atoms with Crippen molar-refractivity contribution in [3.8, 4) is 0 Å². The van der Waals surface area contributed by atoms with Crippen molar-refractivity contribution in [1.29, 1.82) is 0 Å². The summed E-state index contributed by atoms with van der Waals surface area (Å²) >= 11 is 0. The van der Waals surface area contributed by atoms with E-state index >= 15 is 0 Å². The number of carbonyl (C=O) groups is 4. The molecule has 0 N–H and O–H groups in total. The van der Waals surface area contributed by atoms with Crippen LogP contribution in [0.3, 0.4) is 0 Å². The smallest absolute Gasteiger partial charge is 1.00 e. The molecule has 0 heterocycles. The maximum atomic E-state index is 10.2. The van der Waals surface area contributed by atoms with Crippen LogP contribution in [0.2, 0.25) is 0 Å². The molecular formula is C10H16CaO6-2. The average molecular weight is 272 g/mol. The van der Waals surface area contributed by atoms with Gasteiger partial charge in [0.05, 0.1) is 0 Å². The molecule has 0 aromatic carbocycles. The van der Waals surface area contributed by atoms with Gasteiger partial charge in [0.1, 0.15) is 11.9 Å². The molecule has 96 valence electrons. The molecule has 0 rings (SSSR count). The SMILES string of the molecule is CC(C)C(=O)C(=O)[O-].CC(C)C(=O)C(=O)[O-].[Ca+2].[H-].[H-]. The molecule has 0 aromatic rings. The van der Waals surface area contributed by atoms with Crippen molar-refractivity contribution in [3.05, 3.63) is 0 Å². The second-order valence-electron chi connectivity index (χ2n) is 3.61. The molecule has 0 saturated carbocycles. The number of carboxylic acid groups (broad SMARTS) is 2. The minimum Gasteiger partial charge on any atom is -1.00 e. The predicted molar refractivity (Wildman–Crippen MR) is 57.7 cm³/mol. The number of ketones is 2. The van der Waals surface area contributed by atoms with E-state index in [1.807, 2.05) is 0 Å². The molecule has 0 bridgehead atoms. The maximum Gasteiger partial charge on any atom is 2.00 e. The monoisotopic (exact) mass is 272 g/mol. The quantitative estimate of drug-likeness (QED) is 0.422. The van der Waals surface area contributed by atoms with E-state index in [9.17, 15) is 29.4 Å². The summed E-state index contributed by atoms with van der Waals surface area (Å²) < 4.78 is 0. The van der Waals surface area contributed by atoms with E-state index in [1.54, 1.807) is 0 Å². The molecule has 0 unspecified atom stereocenters. The second kappa shape index (κ2) is 10.7. The van der Waals surface area contributed by atoms with Gasteiger partial charge in [0.15, 0.2) is 11.6 Å². The Hall–Kier alpha value is -0.460. The first kappa shape index (κ1) is 21.8. The number of rotatable bonds is 4. The molecule has 0 aliphatic carbocycles. The Morgan fingerprint density at radius 2 is 0.941 bits per heavy atom. The minimum absolute atomic E-state index is 0. The first-order valence-electron chi connectivity index (χ1n) is 4.61. The van der Waals surface area contributed by atoms with Crippen LogP contribution in [0.4, 0.5) is 0 Å². The zero-order chi connectivity index (χ0) is 13.5. The van der Waals surface area contributed by atoms with Gasteiger partial charge in [-0.25, -0.2) is 0 Å². The normalized spacial score (nSPS) is 8.82. The van der Waals surface area contributed by atoms with Crippen LogP contribution in [0.25, 0.3) is 0 Å². The fourth-order valence-electron chi connectivity index (χ4n) is 0.471. The zero-order valence-electron chi connectivity index (χ0n) is 12.3. The molecule has 0 atom stereocenters. The third-order valence-corrected chi connectivity index (χ3v) is 1.45. The number of Topliss-reactive ketones (excluding diaryl/α,β-unsaturated/α-hetero) is 2. The molecule has 0 radical (unpaired) electrons. The van der Waals surface area contributed by atoms with Crippen molar-refractivity contribution in [2.75, 3.05) is 0 Å². The number of hydrogen-bond acceptors (Lipinski definition) is 6. The molecule has 17 heavy (non-hydrogen) atoms. The van der Waals surface area contributed by atoms with Crippen molar-refractivity contribution in [2.24, 2.45) is 11.8 Å². The molecule has 7 heteroatoms. The summed E-state index contributed by atoms with van der Waals surface area (Å²) in [6.45, 7) is 6.05. The molecule has 0 aliphatic heterocycles. The van der Waals surface area contributed by atoms with Gasteiger partial charge in [0.25, 0.3) is 0 Å². The Bertz CT molecular complexity index is 274. The van der Waals surface area contributed by atoms with Crippen molar-refractivity contribution in [3.63, 3.8) is 0 Å². The summed E-state index contributed by atoms with van der Waals surface area (Å²) in [5.41, 5.74) is 0. The third-order valence-electron chi connectivity index (χ3n) is 1.45. The van der Waals surface area contributed by atoms with Gasteiger partial charge in [0.2, 0.25) is 0 Å². The van der Waals surface area contributed by atoms with Crippen molar-refractivity contribution < 1.29 is 32.2 Å². The van der Waals surface area contributed by atoms with Crippen LogP contribution in [-0.2, 0) is 19.2 Å². The fraction of sp³-hybridized carbons (Fsp3) is 0.600. The molecule has 0 saturated heterocycles. The van der Waals surface area contributed by atoms with Crippen LogP contribution >= 0.6 is 0 Å². The maximum absolute atomic E-state index is 10.2. The van der Waals surface area contributed by atoms with Crippen molar-refractivity contribution in [1.82, 2.24) is 0 Å². The van der Waals surface area contributed by atoms with Crippen molar-refractivity contribution >= 4 is 61.2 Å². The van der Waals surface area contributed by atoms with E-state index in [0.717, 1.165) is 0 Å². The van der Waals surface area contributed by atoms with Gasteiger partial charge in [0, 0.05) is 11.8 Å². The third kappa shape index (κ3) is 11.8. The number of hydrogen-bond donors (Lipinski definition) is 0. The van der Waals surface area contributed by atoms with Gasteiger partial charge >= 0.3 is 37.7 Å². The number of carbonyl (C=O) groups excluding carboxylic acids is 4. The summed E-state index contributed by atoms with van der Waals surface area (Å²) in [4.78, 5) is 39.7. The molecule has 0 fully saturated rings. The van der Waals surface area contributed by atoms with Gasteiger partial charge in [-0.15, -0.1) is 0 Å². The van der Waals surface area contributed by atoms with Crippen LogP contribution in [-0.4, -0.2) is 61.2 Å². The Labute approximate surface area is 132 Å². The van der Waals surface area contributed by atoms with E-state index in [-0.39, 0.29) is 40.6 Å². The summed E-state index contributed by atoms with van der Waals surface area (Å²) in [5, 5.41) is 19.4. The molecule has 6 nitrogen and oxygen atoms in total. The summed E-state index contributed by atoms with van der Waals surface area (Å²) in [6, 6.07) is 0. The largest absolute Gasteiger partial charge is 2.00 e. The van der Waals surface area contributed by atoms with Gasteiger partial charge < -0.3 is 22.7 Å². The molecular weight excluding hydrogens is 256 g/mol. The summed E-state index contributed by atoms with van der Waals surface area (Å²) in [6.07, 6.45) is 0. The van der Waals surface area contributed by atoms with E-state index in [4.69, 9.17) is 0 Å². The van der Waals surface area contributed by atoms with Gasteiger partial charge in [-0.2, -0.15) is 0 Å². The van der Waals surface area contributed by atoms with E-state index in [0.29, 0.717) is 0 Å². The standard InChI is InChI=1S/2C5H8O3.Ca.2H/c2*1-3(2)4(6)5(7)8;;;/h2*3H,1-2H3,(H,7,8);;;/q;;+2;2*-1/p-2. The van der Waals surface area contributed by atoms with Crippen LogP contribution in [0, 0.1) is 11.8 Å². The Morgan fingerprint density at radius 3 is 0.941 bits per heavy atom. The predicted octanol–water partition coefficient (Wildman–Crippen LogP) is -2.23. The molecule has 0 amide bonds. The van der Waals surface area contributed by atoms with Gasteiger partial charge in [-0.3, -0.25) is 9.59 Å². The molecule has 0 spiro atoms. The topological polar surface area (TPSA) is 114 Å². The number of carboxylic acids is 2. The van der Waals surface area contributed by atoms with Crippen molar-refractivity contribution in [2.45, 2.75) is 27.7 Å². The zero-order valence-corrected chi connectivity index (χ0v) is 12.5. The van der Waals surface area contributed by atoms with E-state index in [1.165, 1.54) is 27.7 Å². The molecule has 0 aromatic heterocycles. The van der Waals surface area contributed by atoms with Gasteiger partial charge in [-0.05, 0) is 0 Å². The van der Waals surface area contributed by atoms with Crippen LogP contribution in [0.5, 0.6) is 0 Å². The Morgan fingerprint density at radius 1 is 0.765 bits per heavy atom. The summed E-state index contributed by atoms with van der Waals surface area (Å²) in [5.74, 6) is -5.80. The van der Waals surface area contributed by atoms with Crippen LogP contribution in [0.1, 0.15) is 30.5 Å². The van der Waals surface area contributed by atoms with Gasteiger partial charge in [-0.1, -0.05) is 27.7 Å². The van der Waals surface area contributed by atoms with Crippen LogP contribution in [0.15, 0.2) is 0 Å². The average Bonchev–Trinajstić information content (AvgIpc) is 2.15. The number of aliphatic carboxylic acids is 2. The van der Waals surface area contributed by atoms with E-state index < -0.39 is 35.3 Å². The summed E-state index contributed by atoms with van der Waals surface area (Å²) in [7, 11) is 0. The Balaban J connectivity index is -0.0000000594. The van der Waals surface area contributed by atoms with Crippen LogP contribution < -0.4 is 10.2 Å². The first-order chi connectivity index (χ1) is 7.11. The van der Waals surface area contributed by atoms with E-state index in [2.05, 4.69) is 0 Å².